The quantitative estimate of drug-likeness (QED) is 0.706. The van der Waals surface area contributed by atoms with E-state index in [2.05, 4.69) is 25.8 Å². The van der Waals surface area contributed by atoms with Crippen LogP contribution in [0.2, 0.25) is 0 Å². The van der Waals surface area contributed by atoms with Gasteiger partial charge in [-0.25, -0.2) is 9.38 Å². The van der Waals surface area contributed by atoms with Crippen LogP contribution < -0.4 is 0 Å². The molecule has 78 valence electrons. The Labute approximate surface area is 95.9 Å². The van der Waals surface area contributed by atoms with Crippen LogP contribution in [0.25, 0.3) is 0 Å². The van der Waals surface area contributed by atoms with Crippen LogP contribution in [0, 0.1) is 5.82 Å². The Hall–Kier alpha value is -0.900. The van der Waals surface area contributed by atoms with Gasteiger partial charge in [-0.05, 0) is 18.6 Å². The molecule has 0 unspecified atom stereocenters. The molecule has 0 atom stereocenters. The molecular weight excluding hydrogens is 259 g/mol. The highest BCUT2D eigenvalue weighted by Gasteiger charge is 2.25. The minimum absolute atomic E-state index is 0.158. The van der Waals surface area contributed by atoms with E-state index in [0.29, 0.717) is 6.54 Å². The van der Waals surface area contributed by atoms with Crippen molar-refractivity contribution in [1.29, 1.82) is 0 Å². The fourth-order valence-electron chi connectivity index (χ4n) is 2.19. The lowest BCUT2D eigenvalue weighted by atomic mass is 10.1. The topological polar surface area (TPSA) is 15.6 Å². The minimum Gasteiger partial charge on any atom is -0.356 e. The standard InChI is InChI=1S/C11H10BrFN2/c12-7-4-9(13)8-6-15-3-1-2-11(15)14-10(8)5-7/h4-5H,1-3,6H2. The second-order valence-corrected chi connectivity index (χ2v) is 4.85. The molecule has 0 aliphatic carbocycles. The summed E-state index contributed by atoms with van der Waals surface area (Å²) < 4.78 is 14.4. The third-order valence-corrected chi connectivity index (χ3v) is 3.39. The van der Waals surface area contributed by atoms with Crippen LogP contribution in [0.1, 0.15) is 18.4 Å². The van der Waals surface area contributed by atoms with Crippen LogP contribution in [0.5, 0.6) is 0 Å². The van der Waals surface area contributed by atoms with Crippen molar-refractivity contribution in [1.82, 2.24) is 4.90 Å². The summed E-state index contributed by atoms with van der Waals surface area (Å²) in [4.78, 5) is 6.67. The van der Waals surface area contributed by atoms with Crippen molar-refractivity contribution < 1.29 is 4.39 Å². The zero-order valence-corrected chi connectivity index (χ0v) is 9.72. The number of fused-ring (bicyclic) bond motifs is 2. The van der Waals surface area contributed by atoms with E-state index in [-0.39, 0.29) is 5.82 Å². The number of nitrogens with zero attached hydrogens (tertiary/aromatic N) is 2. The molecule has 0 aromatic heterocycles. The van der Waals surface area contributed by atoms with E-state index in [9.17, 15) is 4.39 Å². The zero-order valence-electron chi connectivity index (χ0n) is 8.13. The molecule has 1 saturated heterocycles. The highest BCUT2D eigenvalue weighted by molar-refractivity contribution is 9.10. The van der Waals surface area contributed by atoms with Crippen LogP contribution in [-0.4, -0.2) is 17.3 Å². The molecule has 0 spiro atoms. The molecule has 3 rings (SSSR count). The number of halogens is 2. The normalized spacial score (nSPS) is 18.5. The number of hydrogen-bond acceptors (Lipinski definition) is 2. The van der Waals surface area contributed by atoms with Crippen LogP contribution >= 0.6 is 15.9 Å². The lowest BCUT2D eigenvalue weighted by Gasteiger charge is -2.25. The lowest BCUT2D eigenvalue weighted by molar-refractivity contribution is 0.429. The Morgan fingerprint density at radius 2 is 2.27 bits per heavy atom. The van der Waals surface area contributed by atoms with Crippen LogP contribution in [-0.2, 0) is 6.54 Å². The van der Waals surface area contributed by atoms with Crippen molar-refractivity contribution in [2.75, 3.05) is 6.54 Å². The van der Waals surface area contributed by atoms with Gasteiger partial charge >= 0.3 is 0 Å². The molecule has 2 heterocycles. The summed E-state index contributed by atoms with van der Waals surface area (Å²) in [5.41, 5.74) is 1.51. The van der Waals surface area contributed by atoms with Gasteiger partial charge in [0.05, 0.1) is 5.69 Å². The molecule has 2 aliphatic rings. The van der Waals surface area contributed by atoms with Crippen molar-refractivity contribution in [2.24, 2.45) is 4.99 Å². The maximum absolute atomic E-state index is 13.7. The molecule has 2 nitrogen and oxygen atoms in total. The van der Waals surface area contributed by atoms with Gasteiger partial charge < -0.3 is 4.90 Å². The maximum atomic E-state index is 13.7. The van der Waals surface area contributed by atoms with Gasteiger partial charge in [-0.2, -0.15) is 0 Å². The van der Waals surface area contributed by atoms with Gasteiger partial charge in [0, 0.05) is 29.5 Å². The van der Waals surface area contributed by atoms with Gasteiger partial charge in [0.2, 0.25) is 0 Å². The van der Waals surface area contributed by atoms with Gasteiger partial charge in [-0.15, -0.1) is 0 Å². The van der Waals surface area contributed by atoms with Crippen molar-refractivity contribution in [3.8, 4) is 0 Å². The Kier molecular flexibility index (Phi) is 2.06. The number of rotatable bonds is 0. The van der Waals surface area contributed by atoms with E-state index in [1.807, 2.05) is 6.07 Å². The summed E-state index contributed by atoms with van der Waals surface area (Å²) in [6.07, 6.45) is 2.16. The van der Waals surface area contributed by atoms with Gasteiger partial charge in [0.15, 0.2) is 0 Å². The molecule has 1 fully saturated rings. The first-order chi connectivity index (χ1) is 7.24. The van der Waals surface area contributed by atoms with Crippen molar-refractivity contribution in [2.45, 2.75) is 19.4 Å². The molecule has 4 heteroatoms. The second kappa shape index (κ2) is 3.30. The molecule has 1 aromatic rings. The second-order valence-electron chi connectivity index (χ2n) is 3.94. The minimum atomic E-state index is -0.158. The number of amidine groups is 1. The summed E-state index contributed by atoms with van der Waals surface area (Å²) >= 11 is 3.29. The largest absolute Gasteiger partial charge is 0.356 e. The fourth-order valence-corrected chi connectivity index (χ4v) is 2.61. The number of hydrogen-bond donors (Lipinski definition) is 0. The van der Waals surface area contributed by atoms with Gasteiger partial charge in [-0.3, -0.25) is 0 Å². The highest BCUT2D eigenvalue weighted by atomic mass is 79.9. The first-order valence-electron chi connectivity index (χ1n) is 5.04. The van der Waals surface area contributed by atoms with E-state index in [4.69, 9.17) is 0 Å². The molecule has 0 saturated carbocycles. The number of benzene rings is 1. The van der Waals surface area contributed by atoms with Crippen LogP contribution in [0.4, 0.5) is 10.1 Å². The maximum Gasteiger partial charge on any atom is 0.131 e. The van der Waals surface area contributed by atoms with Crippen LogP contribution in [0.3, 0.4) is 0 Å². The first kappa shape index (κ1) is 9.33. The Morgan fingerprint density at radius 1 is 1.40 bits per heavy atom. The van der Waals surface area contributed by atoms with Crippen molar-refractivity contribution in [3.63, 3.8) is 0 Å². The third-order valence-electron chi connectivity index (χ3n) is 2.93. The summed E-state index contributed by atoms with van der Waals surface area (Å²) in [7, 11) is 0. The molecule has 0 N–H and O–H groups in total. The summed E-state index contributed by atoms with van der Waals surface area (Å²) in [6.45, 7) is 1.68. The van der Waals surface area contributed by atoms with E-state index < -0.39 is 0 Å². The van der Waals surface area contributed by atoms with Crippen molar-refractivity contribution in [3.05, 3.63) is 28.0 Å². The third kappa shape index (κ3) is 1.47. The van der Waals surface area contributed by atoms with E-state index >= 15 is 0 Å². The predicted octanol–water partition coefficient (Wildman–Crippen LogP) is 3.23. The average Bonchev–Trinajstić information content (AvgIpc) is 2.61. The lowest BCUT2D eigenvalue weighted by Crippen LogP contribution is -2.27. The summed E-state index contributed by atoms with van der Waals surface area (Å²) in [5, 5.41) is 0. The average molecular weight is 269 g/mol. The Bertz CT molecular complexity index is 456. The molecule has 0 amide bonds. The Balaban J connectivity index is 2.15. The molecule has 1 aromatic carbocycles. The van der Waals surface area contributed by atoms with E-state index in [1.165, 1.54) is 6.07 Å². The predicted molar refractivity (Wildman–Crippen MR) is 60.8 cm³/mol. The monoisotopic (exact) mass is 268 g/mol. The number of aliphatic imine (C=N–C) groups is 1. The van der Waals surface area contributed by atoms with E-state index in [1.54, 1.807) is 0 Å². The Morgan fingerprint density at radius 3 is 3.13 bits per heavy atom. The molecule has 2 aliphatic heterocycles. The SMILES string of the molecule is Fc1cc(Br)cc2c1CN1CCCC1=N2. The molecular formula is C11H10BrFN2. The fraction of sp³-hybridized carbons (Fsp3) is 0.364. The van der Waals surface area contributed by atoms with E-state index in [0.717, 1.165) is 40.9 Å². The van der Waals surface area contributed by atoms with Gasteiger partial charge in [0.25, 0.3) is 0 Å². The zero-order chi connectivity index (χ0) is 10.4. The van der Waals surface area contributed by atoms with Gasteiger partial charge in [0.1, 0.15) is 11.7 Å². The first-order valence-corrected chi connectivity index (χ1v) is 5.84. The molecule has 15 heavy (non-hydrogen) atoms. The summed E-state index contributed by atoms with van der Waals surface area (Å²) in [5.74, 6) is 0.953. The van der Waals surface area contributed by atoms with Gasteiger partial charge in [-0.1, -0.05) is 15.9 Å². The molecule has 0 bridgehead atoms. The smallest absolute Gasteiger partial charge is 0.131 e. The summed E-state index contributed by atoms with van der Waals surface area (Å²) in [6, 6.07) is 3.40. The highest BCUT2D eigenvalue weighted by Crippen LogP contribution is 2.34. The molecule has 0 radical (unpaired) electrons. The van der Waals surface area contributed by atoms with Crippen molar-refractivity contribution >= 4 is 27.5 Å². The van der Waals surface area contributed by atoms with Crippen LogP contribution in [0.15, 0.2) is 21.6 Å².